The molecular formula is C29H30N6O6. The highest BCUT2D eigenvalue weighted by Gasteiger charge is 2.35. The van der Waals surface area contributed by atoms with Crippen molar-refractivity contribution in [2.75, 3.05) is 19.6 Å². The van der Waals surface area contributed by atoms with Gasteiger partial charge in [0.2, 0.25) is 11.8 Å². The Hall–Kier alpha value is -5.13. The number of hydrogen-bond donors (Lipinski definition) is 3. The first kappa shape index (κ1) is 28.9. The summed E-state index contributed by atoms with van der Waals surface area (Å²) in [5.74, 6) is -2.13. The molecule has 2 heterocycles. The summed E-state index contributed by atoms with van der Waals surface area (Å²) < 4.78 is 0. The van der Waals surface area contributed by atoms with Gasteiger partial charge in [0.05, 0.1) is 22.3 Å². The van der Waals surface area contributed by atoms with Gasteiger partial charge in [0.1, 0.15) is 5.84 Å². The van der Waals surface area contributed by atoms with E-state index >= 15 is 0 Å². The first-order chi connectivity index (χ1) is 19.7. The van der Waals surface area contributed by atoms with Crippen molar-refractivity contribution in [2.24, 2.45) is 10.8 Å². The van der Waals surface area contributed by atoms with Gasteiger partial charge < -0.3 is 11.1 Å². The van der Waals surface area contributed by atoms with Crippen molar-refractivity contribution in [1.82, 2.24) is 20.5 Å². The van der Waals surface area contributed by atoms with Crippen LogP contribution in [0.15, 0.2) is 65.8 Å². The lowest BCUT2D eigenvalue weighted by atomic mass is 10.1. The number of nitrogens with zero attached hydrogens (tertiary/aromatic N) is 3. The van der Waals surface area contributed by atoms with Crippen molar-refractivity contribution in [3.05, 3.63) is 82.9 Å². The third-order valence-electron chi connectivity index (χ3n) is 6.70. The van der Waals surface area contributed by atoms with Crippen LogP contribution in [0.3, 0.4) is 0 Å². The number of nitrogens with one attached hydrogen (secondary N) is 2. The number of hydrazone groups is 1. The molecule has 212 valence electrons. The van der Waals surface area contributed by atoms with E-state index < -0.39 is 17.7 Å². The van der Waals surface area contributed by atoms with Crippen LogP contribution in [0.2, 0.25) is 0 Å². The van der Waals surface area contributed by atoms with Crippen LogP contribution in [0, 0.1) is 0 Å². The maximum atomic E-state index is 12.4. The molecule has 0 atom stereocenters. The average Bonchev–Trinajstić information content (AvgIpc) is 3.36. The number of benzene rings is 2. The Bertz CT molecular complexity index is 1400. The van der Waals surface area contributed by atoms with Crippen molar-refractivity contribution in [2.45, 2.75) is 32.1 Å². The van der Waals surface area contributed by atoms with Gasteiger partial charge in [0.25, 0.3) is 23.6 Å². The predicted octanol–water partition coefficient (Wildman–Crippen LogP) is 1.59. The average molecular weight is 559 g/mol. The largest absolute Gasteiger partial charge is 0.386 e. The van der Waals surface area contributed by atoms with Gasteiger partial charge in [0, 0.05) is 38.9 Å². The number of amidine groups is 1. The Balaban J connectivity index is 1.08. The lowest BCUT2D eigenvalue weighted by Crippen LogP contribution is -2.34. The molecule has 0 fully saturated rings. The number of imide groups is 2. The molecule has 0 saturated heterocycles. The van der Waals surface area contributed by atoms with Gasteiger partial charge in [-0.2, -0.15) is 5.10 Å². The van der Waals surface area contributed by atoms with Crippen LogP contribution < -0.4 is 16.5 Å². The molecular weight excluding hydrogens is 528 g/mol. The van der Waals surface area contributed by atoms with E-state index in [4.69, 9.17) is 5.73 Å². The summed E-state index contributed by atoms with van der Waals surface area (Å²) in [5.41, 5.74) is 10.2. The van der Waals surface area contributed by atoms with Gasteiger partial charge >= 0.3 is 0 Å². The van der Waals surface area contributed by atoms with E-state index in [0.717, 1.165) is 4.90 Å². The molecule has 12 nitrogen and oxygen atoms in total. The number of rotatable bonds is 13. The molecule has 6 amide bonds. The molecule has 2 aromatic rings. The van der Waals surface area contributed by atoms with E-state index in [2.05, 4.69) is 22.4 Å². The fraction of sp³-hybridized carbons (Fsp3) is 0.276. The lowest BCUT2D eigenvalue weighted by Gasteiger charge is -2.15. The van der Waals surface area contributed by atoms with Crippen molar-refractivity contribution in [3.8, 4) is 0 Å². The van der Waals surface area contributed by atoms with Crippen molar-refractivity contribution >= 4 is 41.3 Å². The van der Waals surface area contributed by atoms with Crippen molar-refractivity contribution in [1.29, 1.82) is 0 Å². The van der Waals surface area contributed by atoms with Gasteiger partial charge in [-0.05, 0) is 37.1 Å². The number of hydrogen-bond acceptors (Lipinski definition) is 7. The first-order valence-corrected chi connectivity index (χ1v) is 13.1. The lowest BCUT2D eigenvalue weighted by molar-refractivity contribution is -0.122. The zero-order chi connectivity index (χ0) is 29.5. The van der Waals surface area contributed by atoms with Crippen LogP contribution in [0.1, 0.15) is 73.5 Å². The fourth-order valence-electron chi connectivity index (χ4n) is 4.44. The molecule has 2 aliphatic rings. The number of nitrogens with two attached hydrogens (primary N) is 1. The quantitative estimate of drug-likeness (QED) is 0.110. The molecule has 2 aliphatic heterocycles. The number of fused-ring (bicyclic) bond motifs is 2. The maximum Gasteiger partial charge on any atom is 0.261 e. The standard InChI is InChI=1S/C29H30N6O6/c1-18(13-15-34-26(38)19-7-2-3-8-20(19)27(34)39)17-31-24(36)11-6-12-25(37)33-32-23(30)14-16-35-28(40)21-9-4-5-10-22(21)29(35)41/h2-5,7-10H,1,6,11-17H2,(H2,30,32)(H,31,36)(H,33,37). The van der Waals surface area contributed by atoms with Crippen LogP contribution in [0.25, 0.3) is 0 Å². The second kappa shape index (κ2) is 12.8. The highest BCUT2D eigenvalue weighted by atomic mass is 16.2. The zero-order valence-corrected chi connectivity index (χ0v) is 22.4. The summed E-state index contributed by atoms with van der Waals surface area (Å²) in [6.07, 6.45) is 0.830. The minimum absolute atomic E-state index is 0.0291. The van der Waals surface area contributed by atoms with Gasteiger partial charge in [-0.3, -0.25) is 38.6 Å². The second-order valence-corrected chi connectivity index (χ2v) is 9.63. The number of carbonyl (C=O) groups excluding carboxylic acids is 6. The Labute approximate surface area is 236 Å². The van der Waals surface area contributed by atoms with Crippen LogP contribution in [-0.4, -0.2) is 70.7 Å². The Morgan fingerprint density at radius 2 is 1.15 bits per heavy atom. The molecule has 4 rings (SSSR count). The number of carbonyl (C=O) groups is 6. The molecule has 4 N–H and O–H groups in total. The molecule has 12 heteroatoms. The minimum atomic E-state index is -0.438. The third kappa shape index (κ3) is 6.72. The fourth-order valence-corrected chi connectivity index (χ4v) is 4.44. The van der Waals surface area contributed by atoms with E-state index in [-0.39, 0.29) is 68.9 Å². The molecule has 0 spiro atoms. The summed E-state index contributed by atoms with van der Waals surface area (Å²) in [7, 11) is 0. The van der Waals surface area contributed by atoms with Crippen LogP contribution in [0.4, 0.5) is 0 Å². The smallest absolute Gasteiger partial charge is 0.261 e. The molecule has 0 bridgehead atoms. The Morgan fingerprint density at radius 3 is 1.63 bits per heavy atom. The van der Waals surface area contributed by atoms with Gasteiger partial charge in [-0.15, -0.1) is 0 Å². The Kier molecular flexibility index (Phi) is 9.02. The third-order valence-corrected chi connectivity index (χ3v) is 6.70. The van der Waals surface area contributed by atoms with E-state index in [1.165, 1.54) is 4.90 Å². The highest BCUT2D eigenvalue weighted by molar-refractivity contribution is 6.22. The minimum Gasteiger partial charge on any atom is -0.386 e. The van der Waals surface area contributed by atoms with Crippen LogP contribution >= 0.6 is 0 Å². The summed E-state index contributed by atoms with van der Waals surface area (Å²) in [6, 6.07) is 13.2. The summed E-state index contributed by atoms with van der Waals surface area (Å²) >= 11 is 0. The van der Waals surface area contributed by atoms with Crippen LogP contribution in [-0.2, 0) is 9.59 Å². The van der Waals surface area contributed by atoms with E-state index in [1.807, 2.05) is 0 Å². The van der Waals surface area contributed by atoms with E-state index in [1.54, 1.807) is 48.5 Å². The summed E-state index contributed by atoms with van der Waals surface area (Å²) in [6.45, 7) is 4.28. The molecule has 0 radical (unpaired) electrons. The highest BCUT2D eigenvalue weighted by Crippen LogP contribution is 2.23. The van der Waals surface area contributed by atoms with E-state index in [0.29, 0.717) is 34.2 Å². The predicted molar refractivity (Wildman–Crippen MR) is 149 cm³/mol. The molecule has 0 aromatic heterocycles. The molecule has 0 unspecified atom stereocenters. The van der Waals surface area contributed by atoms with Crippen molar-refractivity contribution in [3.63, 3.8) is 0 Å². The van der Waals surface area contributed by atoms with E-state index in [9.17, 15) is 28.8 Å². The molecule has 0 aliphatic carbocycles. The van der Waals surface area contributed by atoms with Gasteiger partial charge in [0.15, 0.2) is 0 Å². The normalized spacial score (nSPS) is 14.3. The monoisotopic (exact) mass is 558 g/mol. The first-order valence-electron chi connectivity index (χ1n) is 13.1. The Morgan fingerprint density at radius 1 is 0.707 bits per heavy atom. The SMILES string of the molecule is C=C(CCN1C(=O)c2ccccc2C1=O)CNC(=O)CCCC(=O)NN=C(N)CCN1C(=O)c2ccccc2C1=O. The topological polar surface area (TPSA) is 171 Å². The summed E-state index contributed by atoms with van der Waals surface area (Å²) in [4.78, 5) is 76.1. The van der Waals surface area contributed by atoms with Gasteiger partial charge in [-0.25, -0.2) is 5.43 Å². The number of amides is 6. The van der Waals surface area contributed by atoms with Crippen LogP contribution in [0.5, 0.6) is 0 Å². The summed E-state index contributed by atoms with van der Waals surface area (Å²) in [5, 5.41) is 6.51. The van der Waals surface area contributed by atoms with Crippen molar-refractivity contribution < 1.29 is 28.8 Å². The second-order valence-electron chi connectivity index (χ2n) is 9.63. The van der Waals surface area contributed by atoms with Gasteiger partial charge in [-0.1, -0.05) is 36.4 Å². The molecule has 41 heavy (non-hydrogen) atoms. The molecule has 0 saturated carbocycles. The maximum absolute atomic E-state index is 12.4. The molecule has 2 aromatic carbocycles. The zero-order valence-electron chi connectivity index (χ0n) is 22.4.